The van der Waals surface area contributed by atoms with Gasteiger partial charge in [0.05, 0.1) is 15.3 Å². The van der Waals surface area contributed by atoms with Crippen molar-refractivity contribution in [1.29, 1.82) is 0 Å². The summed E-state index contributed by atoms with van der Waals surface area (Å²) >= 11 is 4.97. The fraction of sp³-hybridized carbons (Fsp3) is 0.182. The zero-order valence-electron chi connectivity index (χ0n) is 16.5. The number of para-hydroxylation sites is 1. The Hall–Kier alpha value is -2.33. The van der Waals surface area contributed by atoms with Gasteiger partial charge in [-0.2, -0.15) is 4.31 Å². The second-order valence-corrected chi connectivity index (χ2v) is 11.0. The Labute approximate surface area is 193 Å². The first kappa shape index (κ1) is 20.6. The summed E-state index contributed by atoms with van der Waals surface area (Å²) in [5, 5.41) is 2.99. The standard InChI is InChI=1S/C22H19BrN4O2S2/c23-16-5-3-6-17(15-16)31(28,29)27-12-10-26(11-13-27)22-18-7-1-2-8-19(18)24-21(25-22)20-9-4-14-30-20/h1-9,14-15H,10-13H2. The Morgan fingerprint density at radius 3 is 2.45 bits per heavy atom. The molecule has 158 valence electrons. The van der Waals surface area contributed by atoms with Gasteiger partial charge in [-0.05, 0) is 41.8 Å². The van der Waals surface area contributed by atoms with E-state index in [1.54, 1.807) is 33.8 Å². The van der Waals surface area contributed by atoms with E-state index in [9.17, 15) is 8.42 Å². The van der Waals surface area contributed by atoms with Gasteiger partial charge in [0.2, 0.25) is 10.0 Å². The van der Waals surface area contributed by atoms with Gasteiger partial charge in [-0.25, -0.2) is 18.4 Å². The number of halogens is 1. The van der Waals surface area contributed by atoms with Gasteiger partial charge in [0.15, 0.2) is 5.82 Å². The van der Waals surface area contributed by atoms with Gasteiger partial charge in [0, 0.05) is 36.0 Å². The minimum Gasteiger partial charge on any atom is -0.353 e. The highest BCUT2D eigenvalue weighted by molar-refractivity contribution is 9.10. The van der Waals surface area contributed by atoms with Crippen LogP contribution < -0.4 is 4.90 Å². The Morgan fingerprint density at radius 1 is 0.903 bits per heavy atom. The first-order chi connectivity index (χ1) is 15.0. The molecule has 31 heavy (non-hydrogen) atoms. The molecule has 0 atom stereocenters. The number of nitrogens with zero attached hydrogens (tertiary/aromatic N) is 4. The van der Waals surface area contributed by atoms with Crippen LogP contribution in [-0.4, -0.2) is 48.9 Å². The van der Waals surface area contributed by atoms with Gasteiger partial charge in [-0.3, -0.25) is 0 Å². The van der Waals surface area contributed by atoms with Crippen LogP contribution in [0.15, 0.2) is 75.4 Å². The highest BCUT2D eigenvalue weighted by Crippen LogP contribution is 2.30. The summed E-state index contributed by atoms with van der Waals surface area (Å²) in [5.41, 5.74) is 0.889. The first-order valence-corrected chi connectivity index (χ1v) is 12.9. The molecule has 9 heteroatoms. The van der Waals surface area contributed by atoms with Crippen molar-refractivity contribution in [2.75, 3.05) is 31.1 Å². The van der Waals surface area contributed by atoms with Crippen molar-refractivity contribution in [2.45, 2.75) is 4.90 Å². The van der Waals surface area contributed by atoms with E-state index in [1.807, 2.05) is 47.8 Å². The third-order valence-electron chi connectivity index (χ3n) is 5.30. The largest absolute Gasteiger partial charge is 0.353 e. The molecular weight excluding hydrogens is 496 g/mol. The molecule has 1 aliphatic heterocycles. The van der Waals surface area contributed by atoms with E-state index in [2.05, 4.69) is 20.8 Å². The summed E-state index contributed by atoms with van der Waals surface area (Å²) in [4.78, 5) is 13.1. The molecule has 6 nitrogen and oxygen atoms in total. The number of piperazine rings is 1. The summed E-state index contributed by atoms with van der Waals surface area (Å²) in [6, 6.07) is 18.8. The molecule has 1 aliphatic rings. The molecule has 0 bridgehead atoms. The van der Waals surface area contributed by atoms with Gasteiger partial charge >= 0.3 is 0 Å². The second-order valence-electron chi connectivity index (χ2n) is 7.21. The molecule has 4 aromatic rings. The molecule has 0 saturated carbocycles. The number of rotatable bonds is 4. The maximum Gasteiger partial charge on any atom is 0.243 e. The topological polar surface area (TPSA) is 66.4 Å². The Kier molecular flexibility index (Phi) is 5.51. The van der Waals surface area contributed by atoms with Crippen molar-refractivity contribution in [3.8, 4) is 10.7 Å². The van der Waals surface area contributed by atoms with Crippen molar-refractivity contribution in [3.63, 3.8) is 0 Å². The number of aromatic nitrogens is 2. The zero-order chi connectivity index (χ0) is 21.4. The predicted octanol–water partition coefficient (Wildman–Crippen LogP) is 4.63. The van der Waals surface area contributed by atoms with Crippen molar-refractivity contribution in [3.05, 3.63) is 70.5 Å². The summed E-state index contributed by atoms with van der Waals surface area (Å²) in [5.74, 6) is 1.56. The van der Waals surface area contributed by atoms with Gasteiger partial charge in [-0.15, -0.1) is 11.3 Å². The Balaban J connectivity index is 1.44. The number of sulfonamides is 1. The quantitative estimate of drug-likeness (QED) is 0.397. The molecule has 3 heterocycles. The number of fused-ring (bicyclic) bond motifs is 1. The Bertz CT molecular complexity index is 1330. The summed E-state index contributed by atoms with van der Waals surface area (Å²) < 4.78 is 28.4. The minimum atomic E-state index is -3.53. The third kappa shape index (κ3) is 3.98. The van der Waals surface area contributed by atoms with Gasteiger partial charge in [0.25, 0.3) is 0 Å². The van der Waals surface area contributed by atoms with E-state index in [-0.39, 0.29) is 0 Å². The molecule has 0 N–H and O–H groups in total. The van der Waals surface area contributed by atoms with E-state index < -0.39 is 10.0 Å². The highest BCUT2D eigenvalue weighted by Gasteiger charge is 2.30. The van der Waals surface area contributed by atoms with Crippen molar-refractivity contribution in [2.24, 2.45) is 0 Å². The van der Waals surface area contributed by atoms with E-state index in [4.69, 9.17) is 9.97 Å². The molecule has 0 amide bonds. The maximum absolute atomic E-state index is 13.1. The predicted molar refractivity (Wildman–Crippen MR) is 128 cm³/mol. The lowest BCUT2D eigenvalue weighted by molar-refractivity contribution is 0.384. The van der Waals surface area contributed by atoms with Crippen LogP contribution in [-0.2, 0) is 10.0 Å². The molecule has 0 unspecified atom stereocenters. The fourth-order valence-corrected chi connectivity index (χ4v) is 6.41. The highest BCUT2D eigenvalue weighted by atomic mass is 79.9. The number of anilines is 1. The Morgan fingerprint density at radius 2 is 1.71 bits per heavy atom. The number of thiophene rings is 1. The maximum atomic E-state index is 13.1. The van der Waals surface area contributed by atoms with E-state index in [0.717, 1.165) is 26.1 Å². The monoisotopic (exact) mass is 514 g/mol. The van der Waals surface area contributed by atoms with Gasteiger partial charge < -0.3 is 4.90 Å². The lowest BCUT2D eigenvalue weighted by atomic mass is 10.2. The van der Waals surface area contributed by atoms with Crippen LogP contribution >= 0.6 is 27.3 Å². The molecular formula is C22H19BrN4O2S2. The molecule has 1 saturated heterocycles. The van der Waals surface area contributed by atoms with Crippen LogP contribution in [0.5, 0.6) is 0 Å². The smallest absolute Gasteiger partial charge is 0.243 e. The number of hydrogen-bond acceptors (Lipinski definition) is 6. The molecule has 0 aliphatic carbocycles. The van der Waals surface area contributed by atoms with Crippen molar-refractivity contribution < 1.29 is 8.42 Å². The minimum absolute atomic E-state index is 0.308. The number of hydrogen-bond donors (Lipinski definition) is 0. The van der Waals surface area contributed by atoms with Crippen molar-refractivity contribution >= 4 is 54.0 Å². The first-order valence-electron chi connectivity index (χ1n) is 9.84. The average molecular weight is 515 g/mol. The zero-order valence-corrected chi connectivity index (χ0v) is 19.7. The molecule has 0 radical (unpaired) electrons. The van der Waals surface area contributed by atoms with Crippen LogP contribution in [0.3, 0.4) is 0 Å². The van der Waals surface area contributed by atoms with Crippen LogP contribution in [0.1, 0.15) is 0 Å². The summed E-state index contributed by atoms with van der Waals surface area (Å²) in [6.07, 6.45) is 0. The lowest BCUT2D eigenvalue weighted by Crippen LogP contribution is -2.49. The SMILES string of the molecule is O=S(=O)(c1cccc(Br)c1)N1CCN(c2nc(-c3cccs3)nc3ccccc23)CC1. The fourth-order valence-electron chi connectivity index (χ4n) is 3.73. The summed E-state index contributed by atoms with van der Waals surface area (Å²) in [6.45, 7) is 1.94. The summed E-state index contributed by atoms with van der Waals surface area (Å²) in [7, 11) is -3.53. The second kappa shape index (κ2) is 8.31. The van der Waals surface area contributed by atoms with Crippen LogP contribution in [0.4, 0.5) is 5.82 Å². The molecule has 1 fully saturated rings. The van der Waals surface area contributed by atoms with Crippen LogP contribution in [0.25, 0.3) is 21.6 Å². The van der Waals surface area contributed by atoms with Crippen LogP contribution in [0.2, 0.25) is 0 Å². The molecule has 0 spiro atoms. The molecule has 5 rings (SSSR count). The van der Waals surface area contributed by atoms with E-state index in [0.29, 0.717) is 36.9 Å². The van der Waals surface area contributed by atoms with E-state index in [1.165, 1.54) is 0 Å². The molecule has 2 aromatic carbocycles. The molecule has 2 aromatic heterocycles. The van der Waals surface area contributed by atoms with E-state index >= 15 is 0 Å². The third-order valence-corrected chi connectivity index (χ3v) is 8.55. The average Bonchev–Trinajstić information content (AvgIpc) is 3.33. The number of benzene rings is 2. The lowest BCUT2D eigenvalue weighted by Gasteiger charge is -2.35. The van der Waals surface area contributed by atoms with Crippen molar-refractivity contribution in [1.82, 2.24) is 14.3 Å². The van der Waals surface area contributed by atoms with Gasteiger partial charge in [-0.1, -0.05) is 40.2 Å². The van der Waals surface area contributed by atoms with Crippen LogP contribution in [0, 0.1) is 0 Å². The van der Waals surface area contributed by atoms with Gasteiger partial charge in [0.1, 0.15) is 5.82 Å². The normalized spacial score (nSPS) is 15.5.